The number of carbonyl (C=O) groups is 1. The van der Waals surface area contributed by atoms with Crippen molar-refractivity contribution in [2.45, 2.75) is 19.0 Å². The van der Waals surface area contributed by atoms with Gasteiger partial charge in [-0.05, 0) is 47.5 Å². The van der Waals surface area contributed by atoms with Crippen molar-refractivity contribution in [2.75, 3.05) is 0 Å². The molecule has 0 aliphatic rings. The Morgan fingerprint density at radius 3 is 2.36 bits per heavy atom. The van der Waals surface area contributed by atoms with Crippen LogP contribution in [-0.4, -0.2) is 10.5 Å². The molecule has 1 amide bonds. The number of halogens is 2. The van der Waals surface area contributed by atoms with Crippen LogP contribution in [0.1, 0.15) is 23.6 Å². The van der Waals surface area contributed by atoms with Gasteiger partial charge >= 0.3 is 0 Å². The number of benzene rings is 2. The van der Waals surface area contributed by atoms with E-state index in [2.05, 4.69) is 5.32 Å². The first kappa shape index (κ1) is 16.9. The summed E-state index contributed by atoms with van der Waals surface area (Å²) < 4.78 is 28.4. The van der Waals surface area contributed by atoms with Crippen LogP contribution >= 0.6 is 0 Å². The minimum absolute atomic E-state index is 0.160. The summed E-state index contributed by atoms with van der Waals surface area (Å²) in [4.78, 5) is 12.4. The van der Waals surface area contributed by atoms with Crippen molar-refractivity contribution in [1.29, 1.82) is 0 Å². The second-order valence-electron chi connectivity index (χ2n) is 5.81. The molecule has 1 N–H and O–H groups in total. The number of amides is 1. The van der Waals surface area contributed by atoms with E-state index in [1.165, 1.54) is 24.3 Å². The number of rotatable bonds is 6. The smallest absolute Gasteiger partial charge is 0.222 e. The second kappa shape index (κ2) is 7.75. The van der Waals surface area contributed by atoms with E-state index in [0.717, 1.165) is 11.1 Å². The zero-order chi connectivity index (χ0) is 17.6. The number of hydrogen-bond acceptors (Lipinski definition) is 1. The summed E-state index contributed by atoms with van der Waals surface area (Å²) in [5, 5.41) is 2.83. The molecule has 3 aromatic rings. The molecule has 0 saturated heterocycles. The molecule has 0 radical (unpaired) electrons. The van der Waals surface area contributed by atoms with Crippen LogP contribution in [0, 0.1) is 11.6 Å². The molecule has 1 unspecified atom stereocenters. The van der Waals surface area contributed by atoms with Gasteiger partial charge in [-0.3, -0.25) is 4.79 Å². The number of carbonyl (C=O) groups excluding carboxylic acids is 1. The molecule has 1 aromatic heterocycles. The Balaban J connectivity index is 1.69. The fourth-order valence-corrected chi connectivity index (χ4v) is 2.72. The molecule has 0 aliphatic carbocycles. The molecular formula is C20H18F2N2O. The highest BCUT2D eigenvalue weighted by Crippen LogP contribution is 2.23. The maximum Gasteiger partial charge on any atom is 0.222 e. The lowest BCUT2D eigenvalue weighted by atomic mass is 10.0. The highest BCUT2D eigenvalue weighted by atomic mass is 19.1. The zero-order valence-corrected chi connectivity index (χ0v) is 13.5. The molecule has 0 bridgehead atoms. The highest BCUT2D eigenvalue weighted by molar-refractivity contribution is 5.76. The fourth-order valence-electron chi connectivity index (χ4n) is 2.72. The summed E-state index contributed by atoms with van der Waals surface area (Å²) in [5.41, 5.74) is 1.55. The molecule has 1 atom stereocenters. The van der Waals surface area contributed by atoms with Crippen LogP contribution in [0.4, 0.5) is 8.78 Å². The summed E-state index contributed by atoms with van der Waals surface area (Å²) >= 11 is 0. The molecule has 0 aliphatic heterocycles. The van der Waals surface area contributed by atoms with E-state index in [9.17, 15) is 13.6 Å². The zero-order valence-electron chi connectivity index (χ0n) is 13.5. The van der Waals surface area contributed by atoms with Crippen LogP contribution in [0.5, 0.6) is 0 Å². The average molecular weight is 340 g/mol. The van der Waals surface area contributed by atoms with Gasteiger partial charge in [0.2, 0.25) is 5.91 Å². The summed E-state index contributed by atoms with van der Waals surface area (Å²) in [7, 11) is 0. The topological polar surface area (TPSA) is 34.0 Å². The Hall–Kier alpha value is -2.95. The van der Waals surface area contributed by atoms with Crippen LogP contribution in [0.3, 0.4) is 0 Å². The van der Waals surface area contributed by atoms with Crippen molar-refractivity contribution in [3.63, 3.8) is 0 Å². The first-order chi connectivity index (χ1) is 12.1. The normalized spacial score (nSPS) is 11.9. The van der Waals surface area contributed by atoms with Crippen molar-refractivity contribution < 1.29 is 13.6 Å². The predicted molar refractivity (Wildman–Crippen MR) is 91.8 cm³/mol. The van der Waals surface area contributed by atoms with Crippen molar-refractivity contribution in [1.82, 2.24) is 9.88 Å². The molecule has 3 rings (SSSR count). The third-order valence-electron chi connectivity index (χ3n) is 4.00. The van der Waals surface area contributed by atoms with Crippen LogP contribution in [-0.2, 0) is 11.3 Å². The van der Waals surface area contributed by atoms with E-state index >= 15 is 0 Å². The first-order valence-corrected chi connectivity index (χ1v) is 8.01. The van der Waals surface area contributed by atoms with Gasteiger partial charge in [-0.2, -0.15) is 0 Å². The maximum atomic E-state index is 13.6. The number of nitrogens with zero attached hydrogens (tertiary/aromatic N) is 1. The van der Waals surface area contributed by atoms with E-state index in [1.807, 2.05) is 29.1 Å². The Labute approximate surface area is 144 Å². The summed E-state index contributed by atoms with van der Waals surface area (Å²) in [6, 6.07) is 15.7. The van der Waals surface area contributed by atoms with Gasteiger partial charge in [0.1, 0.15) is 11.6 Å². The van der Waals surface area contributed by atoms with E-state index in [1.54, 1.807) is 24.3 Å². The van der Waals surface area contributed by atoms with Gasteiger partial charge in [0.05, 0.1) is 12.5 Å². The summed E-state index contributed by atoms with van der Waals surface area (Å²) in [6.07, 6.45) is 3.88. The van der Waals surface area contributed by atoms with Crippen LogP contribution < -0.4 is 5.32 Å². The Morgan fingerprint density at radius 1 is 0.960 bits per heavy atom. The van der Waals surface area contributed by atoms with Crippen molar-refractivity contribution in [2.24, 2.45) is 0 Å². The average Bonchev–Trinajstić information content (AvgIpc) is 3.13. The van der Waals surface area contributed by atoms with Crippen LogP contribution in [0.25, 0.3) is 0 Å². The minimum Gasteiger partial charge on any atom is -0.352 e. The molecule has 3 nitrogen and oxygen atoms in total. The van der Waals surface area contributed by atoms with Gasteiger partial charge in [0.25, 0.3) is 0 Å². The van der Waals surface area contributed by atoms with Crippen LogP contribution in [0.15, 0.2) is 73.1 Å². The molecule has 25 heavy (non-hydrogen) atoms. The number of hydrogen-bond donors (Lipinski definition) is 1. The largest absolute Gasteiger partial charge is 0.352 e. The first-order valence-electron chi connectivity index (χ1n) is 8.01. The standard InChI is InChI=1S/C20H18F2N2O/c21-17-8-6-15(7-9-17)14-23-20(25)13-19(24-10-1-2-11-24)16-4-3-5-18(22)12-16/h1-12,19H,13-14H2,(H,23,25). The Morgan fingerprint density at radius 2 is 1.68 bits per heavy atom. The molecule has 128 valence electrons. The van der Waals surface area contributed by atoms with Gasteiger partial charge in [0, 0.05) is 18.9 Å². The molecule has 0 saturated carbocycles. The highest BCUT2D eigenvalue weighted by Gasteiger charge is 2.17. The Kier molecular flexibility index (Phi) is 5.23. The third kappa shape index (κ3) is 4.53. The quantitative estimate of drug-likeness (QED) is 0.721. The molecule has 0 fully saturated rings. The van der Waals surface area contributed by atoms with E-state index < -0.39 is 0 Å². The van der Waals surface area contributed by atoms with Crippen LogP contribution in [0.2, 0.25) is 0 Å². The third-order valence-corrected chi connectivity index (χ3v) is 4.00. The SMILES string of the molecule is O=C(CC(c1cccc(F)c1)n1cccc1)NCc1ccc(F)cc1. The lowest BCUT2D eigenvalue weighted by Crippen LogP contribution is -2.26. The second-order valence-corrected chi connectivity index (χ2v) is 5.81. The number of nitrogens with one attached hydrogen (secondary N) is 1. The molecular weight excluding hydrogens is 322 g/mol. The van der Waals surface area contributed by atoms with Crippen molar-refractivity contribution in [3.05, 3.63) is 95.8 Å². The van der Waals surface area contributed by atoms with Gasteiger partial charge in [-0.25, -0.2) is 8.78 Å². The summed E-state index contributed by atoms with van der Waals surface area (Å²) in [5.74, 6) is -0.803. The molecule has 2 aromatic carbocycles. The fraction of sp³-hybridized carbons (Fsp3) is 0.150. The predicted octanol–water partition coefficient (Wildman–Crippen LogP) is 4.06. The Bertz CT molecular complexity index is 829. The van der Waals surface area contributed by atoms with E-state index in [0.29, 0.717) is 6.54 Å². The van der Waals surface area contributed by atoms with Gasteiger partial charge < -0.3 is 9.88 Å². The summed E-state index contributed by atoms with van der Waals surface area (Å²) in [6.45, 7) is 0.320. The molecule has 0 spiro atoms. The lowest BCUT2D eigenvalue weighted by molar-refractivity contribution is -0.121. The van der Waals surface area contributed by atoms with Crippen molar-refractivity contribution in [3.8, 4) is 0 Å². The van der Waals surface area contributed by atoms with Gasteiger partial charge in [-0.1, -0.05) is 24.3 Å². The van der Waals surface area contributed by atoms with Crippen molar-refractivity contribution >= 4 is 5.91 Å². The van der Waals surface area contributed by atoms with E-state index in [4.69, 9.17) is 0 Å². The monoisotopic (exact) mass is 340 g/mol. The van der Waals surface area contributed by atoms with Gasteiger partial charge in [0.15, 0.2) is 0 Å². The maximum absolute atomic E-state index is 13.6. The lowest BCUT2D eigenvalue weighted by Gasteiger charge is -2.19. The molecule has 1 heterocycles. The van der Waals surface area contributed by atoms with E-state index in [-0.39, 0.29) is 30.0 Å². The molecule has 5 heteroatoms. The number of aromatic nitrogens is 1. The minimum atomic E-state index is -0.332. The van der Waals surface area contributed by atoms with Gasteiger partial charge in [-0.15, -0.1) is 0 Å².